The number of carboxylic acid groups (broad SMARTS) is 2. The number of nitrogens with one attached hydrogen (secondary N) is 1. The number of aromatic carboxylic acids is 2. The molecule has 2 aromatic rings. The molecule has 0 fully saturated rings. The molecule has 1 heterocycles. The molecule has 4 N–H and O–H groups in total. The van der Waals surface area contributed by atoms with Crippen molar-refractivity contribution in [2.75, 3.05) is 0 Å². The molecule has 0 saturated carbocycles. The first-order valence-electron chi connectivity index (χ1n) is 5.43. The van der Waals surface area contributed by atoms with Gasteiger partial charge in [-0.15, -0.1) is 0 Å². The van der Waals surface area contributed by atoms with Gasteiger partial charge in [-0.1, -0.05) is 12.1 Å². The van der Waals surface area contributed by atoms with Crippen molar-refractivity contribution in [3.63, 3.8) is 0 Å². The Kier molecular flexibility index (Phi) is 3.26. The fourth-order valence-electron chi connectivity index (χ4n) is 1.66. The Morgan fingerprint density at radius 3 is 2.10 bits per heavy atom. The Bertz CT molecular complexity index is 744. The summed E-state index contributed by atoms with van der Waals surface area (Å²) >= 11 is 0. The minimum absolute atomic E-state index is 0.0633. The summed E-state index contributed by atoms with van der Waals surface area (Å²) in [6.45, 7) is 0. The molecule has 0 unspecified atom stereocenters. The Morgan fingerprint density at radius 1 is 1.00 bits per heavy atom. The van der Waals surface area contributed by atoms with Crippen LogP contribution in [0, 0.1) is 0 Å². The lowest BCUT2D eigenvalue weighted by atomic mass is 10.1. The molecule has 0 bridgehead atoms. The third-order valence-electron chi connectivity index (χ3n) is 2.66. The van der Waals surface area contributed by atoms with Crippen LogP contribution in [0.15, 0.2) is 35.1 Å². The molecule has 0 amide bonds. The SMILES string of the molecule is O=C(O)c1ccc(-c2cc(=O)c(O)c(C(=O)O)[nH]2)cc1. The predicted molar refractivity (Wildman–Crippen MR) is 68.1 cm³/mol. The van der Waals surface area contributed by atoms with E-state index >= 15 is 0 Å². The molecule has 20 heavy (non-hydrogen) atoms. The number of aromatic hydroxyl groups is 1. The number of hydrogen-bond donors (Lipinski definition) is 4. The van der Waals surface area contributed by atoms with E-state index in [0.717, 1.165) is 6.07 Å². The van der Waals surface area contributed by atoms with E-state index in [0.29, 0.717) is 5.56 Å². The van der Waals surface area contributed by atoms with E-state index in [-0.39, 0.29) is 11.3 Å². The van der Waals surface area contributed by atoms with Gasteiger partial charge in [0, 0.05) is 6.07 Å². The van der Waals surface area contributed by atoms with Crippen LogP contribution in [-0.2, 0) is 0 Å². The molecule has 0 spiro atoms. The summed E-state index contributed by atoms with van der Waals surface area (Å²) in [6.07, 6.45) is 0. The van der Waals surface area contributed by atoms with Gasteiger partial charge in [-0.2, -0.15) is 0 Å². The van der Waals surface area contributed by atoms with Gasteiger partial charge >= 0.3 is 11.9 Å². The molecule has 0 radical (unpaired) electrons. The lowest BCUT2D eigenvalue weighted by molar-refractivity contribution is 0.0680. The summed E-state index contributed by atoms with van der Waals surface area (Å²) in [5.74, 6) is -3.44. The summed E-state index contributed by atoms with van der Waals surface area (Å²) < 4.78 is 0. The van der Waals surface area contributed by atoms with E-state index < -0.39 is 28.8 Å². The van der Waals surface area contributed by atoms with Gasteiger partial charge in [0.25, 0.3) is 0 Å². The monoisotopic (exact) mass is 275 g/mol. The summed E-state index contributed by atoms with van der Waals surface area (Å²) in [4.78, 5) is 35.5. The standard InChI is InChI=1S/C13H9NO6/c15-9-5-8(14-10(11(9)16)13(19)20)6-1-3-7(4-2-6)12(17)18/h1-5,16H,(H,14,15)(H,17,18)(H,19,20). The predicted octanol–water partition coefficient (Wildman–Crippen LogP) is 1.14. The maximum absolute atomic E-state index is 11.5. The molecule has 0 atom stereocenters. The Hall–Kier alpha value is -3.09. The average molecular weight is 275 g/mol. The van der Waals surface area contributed by atoms with Crippen molar-refractivity contribution in [1.82, 2.24) is 4.98 Å². The number of rotatable bonds is 3. The Morgan fingerprint density at radius 2 is 1.60 bits per heavy atom. The van der Waals surface area contributed by atoms with Gasteiger partial charge < -0.3 is 20.3 Å². The number of benzene rings is 1. The minimum atomic E-state index is -1.47. The summed E-state index contributed by atoms with van der Waals surface area (Å²) in [5.41, 5.74) is -0.793. The summed E-state index contributed by atoms with van der Waals surface area (Å²) in [6, 6.07) is 6.54. The molecule has 0 aliphatic heterocycles. The number of H-pyrrole nitrogens is 1. The molecule has 0 aliphatic carbocycles. The number of carbonyl (C=O) groups is 2. The second-order valence-corrected chi connectivity index (χ2v) is 3.96. The number of pyridine rings is 1. The molecule has 2 rings (SSSR count). The molecular formula is C13H9NO6. The van der Waals surface area contributed by atoms with Crippen molar-refractivity contribution in [2.24, 2.45) is 0 Å². The van der Waals surface area contributed by atoms with Crippen LogP contribution in [0.5, 0.6) is 5.75 Å². The van der Waals surface area contributed by atoms with Gasteiger partial charge in [0.2, 0.25) is 5.43 Å². The maximum Gasteiger partial charge on any atom is 0.356 e. The van der Waals surface area contributed by atoms with Crippen molar-refractivity contribution in [3.8, 4) is 17.0 Å². The van der Waals surface area contributed by atoms with Crippen LogP contribution < -0.4 is 5.43 Å². The van der Waals surface area contributed by atoms with Gasteiger partial charge in [-0.3, -0.25) is 4.79 Å². The highest BCUT2D eigenvalue weighted by Crippen LogP contribution is 2.19. The number of hydrogen-bond acceptors (Lipinski definition) is 4. The first-order valence-corrected chi connectivity index (χ1v) is 5.43. The van der Waals surface area contributed by atoms with E-state index in [1.54, 1.807) is 0 Å². The zero-order chi connectivity index (χ0) is 14.9. The smallest absolute Gasteiger partial charge is 0.356 e. The molecule has 7 nitrogen and oxygen atoms in total. The van der Waals surface area contributed by atoms with Crippen molar-refractivity contribution in [3.05, 3.63) is 51.8 Å². The van der Waals surface area contributed by atoms with E-state index in [9.17, 15) is 19.5 Å². The van der Waals surface area contributed by atoms with Crippen LogP contribution >= 0.6 is 0 Å². The fourth-order valence-corrected chi connectivity index (χ4v) is 1.66. The minimum Gasteiger partial charge on any atom is -0.502 e. The number of carboxylic acids is 2. The van der Waals surface area contributed by atoms with E-state index in [4.69, 9.17) is 10.2 Å². The molecule has 1 aromatic heterocycles. The second kappa shape index (κ2) is 4.88. The molecule has 7 heteroatoms. The fraction of sp³-hybridized carbons (Fsp3) is 0. The number of aromatic nitrogens is 1. The summed E-state index contributed by atoms with van der Waals surface area (Å²) in [7, 11) is 0. The van der Waals surface area contributed by atoms with Crippen molar-refractivity contribution >= 4 is 11.9 Å². The maximum atomic E-state index is 11.5. The van der Waals surface area contributed by atoms with Crippen LogP contribution in [0.25, 0.3) is 11.3 Å². The Labute approximate surface area is 111 Å². The van der Waals surface area contributed by atoms with Gasteiger partial charge in [0.1, 0.15) is 0 Å². The summed E-state index contributed by atoms with van der Waals surface area (Å²) in [5, 5.41) is 27.0. The third kappa shape index (κ3) is 2.37. The lowest BCUT2D eigenvalue weighted by Crippen LogP contribution is -2.10. The number of aromatic amines is 1. The molecule has 1 aromatic carbocycles. The zero-order valence-corrected chi connectivity index (χ0v) is 9.95. The van der Waals surface area contributed by atoms with Crippen molar-refractivity contribution in [2.45, 2.75) is 0 Å². The normalized spacial score (nSPS) is 10.2. The van der Waals surface area contributed by atoms with Crippen molar-refractivity contribution in [1.29, 1.82) is 0 Å². The van der Waals surface area contributed by atoms with Crippen LogP contribution in [-0.4, -0.2) is 32.2 Å². The van der Waals surface area contributed by atoms with Gasteiger partial charge in [0.05, 0.1) is 11.3 Å². The van der Waals surface area contributed by atoms with Gasteiger partial charge in [-0.25, -0.2) is 9.59 Å². The molecule has 0 saturated heterocycles. The van der Waals surface area contributed by atoms with Crippen LogP contribution in [0.2, 0.25) is 0 Å². The van der Waals surface area contributed by atoms with Crippen LogP contribution in [0.1, 0.15) is 20.8 Å². The quantitative estimate of drug-likeness (QED) is 0.665. The highest BCUT2D eigenvalue weighted by molar-refractivity contribution is 5.90. The first-order chi connectivity index (χ1) is 9.40. The second-order valence-electron chi connectivity index (χ2n) is 3.96. The lowest BCUT2D eigenvalue weighted by Gasteiger charge is -2.05. The largest absolute Gasteiger partial charge is 0.502 e. The van der Waals surface area contributed by atoms with Gasteiger partial charge in [0.15, 0.2) is 11.4 Å². The molecule has 0 aliphatic rings. The molecule has 102 valence electrons. The van der Waals surface area contributed by atoms with E-state index in [1.807, 2.05) is 0 Å². The Balaban J connectivity index is 2.55. The highest BCUT2D eigenvalue weighted by Gasteiger charge is 2.15. The van der Waals surface area contributed by atoms with Gasteiger partial charge in [-0.05, 0) is 17.7 Å². The van der Waals surface area contributed by atoms with Crippen molar-refractivity contribution < 1.29 is 24.9 Å². The molecular weight excluding hydrogens is 266 g/mol. The highest BCUT2D eigenvalue weighted by atomic mass is 16.4. The zero-order valence-electron chi connectivity index (χ0n) is 9.95. The average Bonchev–Trinajstić information content (AvgIpc) is 2.41. The van der Waals surface area contributed by atoms with Crippen LogP contribution in [0.3, 0.4) is 0 Å². The van der Waals surface area contributed by atoms with E-state index in [1.165, 1.54) is 24.3 Å². The van der Waals surface area contributed by atoms with E-state index in [2.05, 4.69) is 4.98 Å². The third-order valence-corrected chi connectivity index (χ3v) is 2.66. The van der Waals surface area contributed by atoms with Crippen LogP contribution in [0.4, 0.5) is 0 Å². The topological polar surface area (TPSA) is 128 Å². The first kappa shape index (κ1) is 13.3.